The number of aliphatic imine (C=N–C) groups is 1. The van der Waals surface area contributed by atoms with Gasteiger partial charge in [-0.3, -0.25) is 9.89 Å². The minimum atomic E-state index is 0.847. The first kappa shape index (κ1) is 14.9. The molecule has 116 valence electrons. The Kier molecular flexibility index (Phi) is 5.14. The fourth-order valence-electron chi connectivity index (χ4n) is 2.69. The van der Waals surface area contributed by atoms with E-state index >= 15 is 0 Å². The van der Waals surface area contributed by atoms with Gasteiger partial charge in [0.15, 0.2) is 5.96 Å². The van der Waals surface area contributed by atoms with Gasteiger partial charge in [-0.05, 0) is 49.1 Å². The van der Waals surface area contributed by atoms with E-state index in [0.29, 0.717) is 0 Å². The van der Waals surface area contributed by atoms with Crippen LogP contribution in [-0.2, 0) is 13.0 Å². The number of rotatable bonds is 6. The number of fused-ring (bicyclic) bond motifs is 1. The molecule has 0 atom stereocenters. The summed E-state index contributed by atoms with van der Waals surface area (Å²) in [5, 5.41) is 9.03. The number of hydrogen-bond donors (Lipinski definition) is 2. The fourth-order valence-corrected chi connectivity index (χ4v) is 3.58. The summed E-state index contributed by atoms with van der Waals surface area (Å²) in [5.41, 5.74) is 1.53. The summed E-state index contributed by atoms with van der Waals surface area (Å²) < 4.78 is 0. The molecule has 1 aromatic heterocycles. The van der Waals surface area contributed by atoms with E-state index in [9.17, 15) is 0 Å². The highest BCUT2D eigenvalue weighted by Gasteiger charge is 2.20. The molecule has 0 aromatic carbocycles. The number of hydrogen-bond acceptors (Lipinski definition) is 3. The zero-order valence-electron chi connectivity index (χ0n) is 12.9. The first-order valence-electron chi connectivity index (χ1n) is 8.15. The topological polar surface area (TPSA) is 39.7 Å². The summed E-state index contributed by atoms with van der Waals surface area (Å²) in [7, 11) is 0. The lowest BCUT2D eigenvalue weighted by Crippen LogP contribution is -2.42. The molecule has 0 radical (unpaired) electrons. The van der Waals surface area contributed by atoms with E-state index in [2.05, 4.69) is 38.9 Å². The Bertz CT molecular complexity index is 478. The molecular formula is C16H26N4S. The molecular weight excluding hydrogens is 280 g/mol. The van der Waals surface area contributed by atoms with Gasteiger partial charge in [0.2, 0.25) is 0 Å². The van der Waals surface area contributed by atoms with Crippen molar-refractivity contribution in [1.82, 2.24) is 15.5 Å². The van der Waals surface area contributed by atoms with E-state index in [1.165, 1.54) is 31.4 Å². The van der Waals surface area contributed by atoms with Gasteiger partial charge in [-0.2, -0.15) is 0 Å². The van der Waals surface area contributed by atoms with Gasteiger partial charge in [0.1, 0.15) is 0 Å². The molecule has 1 saturated carbocycles. The molecule has 1 aromatic rings. The normalized spacial score (nSPS) is 19.4. The number of nitrogens with one attached hydrogen (secondary N) is 2. The van der Waals surface area contributed by atoms with Crippen LogP contribution in [0.4, 0.5) is 0 Å². The minimum Gasteiger partial charge on any atom is -0.357 e. The summed E-state index contributed by atoms with van der Waals surface area (Å²) >= 11 is 1.91. The maximum absolute atomic E-state index is 4.66. The SMILES string of the molecule is CCNC(=NCC1CC1)NCCN1CCc2sccc2C1. The van der Waals surface area contributed by atoms with Crippen molar-refractivity contribution >= 4 is 17.3 Å². The van der Waals surface area contributed by atoms with Crippen molar-refractivity contribution in [2.45, 2.75) is 32.7 Å². The second kappa shape index (κ2) is 7.27. The predicted octanol–water partition coefficient (Wildman–Crippen LogP) is 2.07. The number of nitrogens with zero attached hydrogens (tertiary/aromatic N) is 2. The van der Waals surface area contributed by atoms with Crippen LogP contribution in [0.25, 0.3) is 0 Å². The quantitative estimate of drug-likeness (QED) is 0.624. The Morgan fingerprint density at radius 3 is 3.14 bits per heavy atom. The van der Waals surface area contributed by atoms with Crippen molar-refractivity contribution in [3.05, 3.63) is 21.9 Å². The molecule has 1 aliphatic carbocycles. The van der Waals surface area contributed by atoms with Crippen molar-refractivity contribution in [1.29, 1.82) is 0 Å². The van der Waals surface area contributed by atoms with Gasteiger partial charge in [0, 0.05) is 44.1 Å². The third-order valence-electron chi connectivity index (χ3n) is 4.16. The van der Waals surface area contributed by atoms with Crippen LogP contribution in [0.15, 0.2) is 16.4 Å². The molecule has 4 nitrogen and oxygen atoms in total. The molecule has 2 heterocycles. The third-order valence-corrected chi connectivity index (χ3v) is 5.18. The van der Waals surface area contributed by atoms with E-state index < -0.39 is 0 Å². The van der Waals surface area contributed by atoms with Gasteiger partial charge in [0.25, 0.3) is 0 Å². The molecule has 2 aliphatic rings. The molecule has 1 aliphatic heterocycles. The Morgan fingerprint density at radius 2 is 2.33 bits per heavy atom. The van der Waals surface area contributed by atoms with Gasteiger partial charge in [0.05, 0.1) is 0 Å². The predicted molar refractivity (Wildman–Crippen MR) is 90.0 cm³/mol. The van der Waals surface area contributed by atoms with E-state index in [1.807, 2.05) is 11.3 Å². The first-order valence-corrected chi connectivity index (χ1v) is 9.03. The van der Waals surface area contributed by atoms with Crippen molar-refractivity contribution in [2.24, 2.45) is 10.9 Å². The van der Waals surface area contributed by atoms with Crippen molar-refractivity contribution in [3.8, 4) is 0 Å². The molecule has 0 amide bonds. The van der Waals surface area contributed by atoms with Crippen molar-refractivity contribution in [2.75, 3.05) is 32.7 Å². The summed E-state index contributed by atoms with van der Waals surface area (Å²) in [6, 6.07) is 2.28. The monoisotopic (exact) mass is 306 g/mol. The second-order valence-corrected chi connectivity index (χ2v) is 6.99. The highest BCUT2D eigenvalue weighted by molar-refractivity contribution is 7.10. The summed E-state index contributed by atoms with van der Waals surface area (Å²) in [6.07, 6.45) is 3.93. The van der Waals surface area contributed by atoms with Crippen LogP contribution in [-0.4, -0.2) is 43.6 Å². The zero-order valence-corrected chi connectivity index (χ0v) is 13.7. The maximum atomic E-state index is 4.66. The molecule has 5 heteroatoms. The van der Waals surface area contributed by atoms with E-state index in [-0.39, 0.29) is 0 Å². The zero-order chi connectivity index (χ0) is 14.5. The maximum Gasteiger partial charge on any atom is 0.191 e. The highest BCUT2D eigenvalue weighted by Crippen LogP contribution is 2.28. The Hall–Kier alpha value is -1.07. The van der Waals surface area contributed by atoms with Gasteiger partial charge in [-0.25, -0.2) is 0 Å². The lowest BCUT2D eigenvalue weighted by Gasteiger charge is -2.27. The Balaban J connectivity index is 1.41. The van der Waals surface area contributed by atoms with E-state index in [0.717, 1.165) is 44.6 Å². The van der Waals surface area contributed by atoms with Gasteiger partial charge < -0.3 is 10.6 Å². The molecule has 2 N–H and O–H groups in total. The summed E-state index contributed by atoms with van der Waals surface area (Å²) in [5.74, 6) is 1.83. The second-order valence-electron chi connectivity index (χ2n) is 5.98. The van der Waals surface area contributed by atoms with Crippen LogP contribution < -0.4 is 10.6 Å². The number of guanidine groups is 1. The van der Waals surface area contributed by atoms with Crippen LogP contribution in [0.5, 0.6) is 0 Å². The fraction of sp³-hybridized carbons (Fsp3) is 0.688. The van der Waals surface area contributed by atoms with Gasteiger partial charge in [-0.15, -0.1) is 11.3 Å². The Morgan fingerprint density at radius 1 is 1.43 bits per heavy atom. The molecule has 0 saturated heterocycles. The molecule has 3 rings (SSSR count). The van der Waals surface area contributed by atoms with Crippen LogP contribution >= 0.6 is 11.3 Å². The van der Waals surface area contributed by atoms with Crippen LogP contribution in [0, 0.1) is 5.92 Å². The smallest absolute Gasteiger partial charge is 0.191 e. The lowest BCUT2D eigenvalue weighted by molar-refractivity contribution is 0.260. The van der Waals surface area contributed by atoms with Crippen LogP contribution in [0.1, 0.15) is 30.2 Å². The van der Waals surface area contributed by atoms with E-state index in [4.69, 9.17) is 0 Å². The van der Waals surface area contributed by atoms with Gasteiger partial charge >= 0.3 is 0 Å². The summed E-state index contributed by atoms with van der Waals surface area (Å²) in [4.78, 5) is 8.78. The molecule has 1 fully saturated rings. The average Bonchev–Trinajstić information content (AvgIpc) is 3.20. The lowest BCUT2D eigenvalue weighted by atomic mass is 10.1. The highest BCUT2D eigenvalue weighted by atomic mass is 32.1. The average molecular weight is 306 g/mol. The van der Waals surface area contributed by atoms with Crippen LogP contribution in [0.2, 0.25) is 0 Å². The largest absolute Gasteiger partial charge is 0.357 e. The molecule has 0 bridgehead atoms. The first-order chi connectivity index (χ1) is 10.3. The molecule has 0 spiro atoms. The van der Waals surface area contributed by atoms with Crippen molar-refractivity contribution < 1.29 is 0 Å². The van der Waals surface area contributed by atoms with Gasteiger partial charge in [-0.1, -0.05) is 0 Å². The summed E-state index contributed by atoms with van der Waals surface area (Å²) in [6.45, 7) is 8.38. The molecule has 21 heavy (non-hydrogen) atoms. The van der Waals surface area contributed by atoms with Crippen LogP contribution in [0.3, 0.4) is 0 Å². The third kappa shape index (κ3) is 4.45. The Labute approximate surface area is 131 Å². The minimum absolute atomic E-state index is 0.847. The molecule has 0 unspecified atom stereocenters. The van der Waals surface area contributed by atoms with E-state index in [1.54, 1.807) is 4.88 Å². The van der Waals surface area contributed by atoms with Crippen molar-refractivity contribution in [3.63, 3.8) is 0 Å². The standard InChI is InChI=1S/C16H26N4S/c1-2-17-16(19-11-13-3-4-13)18-7-9-20-8-5-15-14(12-20)6-10-21-15/h6,10,13H,2-5,7-9,11-12H2,1H3,(H2,17,18,19). The number of thiophene rings is 1.